The molecule has 146 valence electrons. The molecule has 1 unspecified atom stereocenters. The molecule has 4 nitrogen and oxygen atoms in total. The molecule has 1 fully saturated rings. The number of nitrogens with one attached hydrogen (secondary N) is 1. The Morgan fingerprint density at radius 1 is 1.03 bits per heavy atom. The number of benzene rings is 3. The lowest BCUT2D eigenvalue weighted by molar-refractivity contribution is -0.117. The first-order valence-electron chi connectivity index (χ1n) is 9.21. The van der Waals surface area contributed by atoms with E-state index in [1.807, 2.05) is 71.6 Å². The van der Waals surface area contributed by atoms with Crippen LogP contribution in [-0.2, 0) is 9.59 Å². The number of anilines is 2. The van der Waals surface area contributed by atoms with Crippen LogP contribution in [0.25, 0.3) is 11.1 Å². The Morgan fingerprint density at radius 3 is 2.59 bits per heavy atom. The minimum atomic E-state index is -1.08. The summed E-state index contributed by atoms with van der Waals surface area (Å²) in [5, 5.41) is 2.51. The van der Waals surface area contributed by atoms with Gasteiger partial charge in [-0.05, 0) is 29.3 Å². The van der Waals surface area contributed by atoms with E-state index in [1.54, 1.807) is 23.9 Å². The van der Waals surface area contributed by atoms with Gasteiger partial charge in [0.15, 0.2) is 6.67 Å². The van der Waals surface area contributed by atoms with Crippen LogP contribution in [0.5, 0.6) is 0 Å². The average Bonchev–Trinajstić information content (AvgIpc) is 3.16. The van der Waals surface area contributed by atoms with Gasteiger partial charge in [-0.1, -0.05) is 60.7 Å². The first-order valence-corrected chi connectivity index (χ1v) is 10.3. The zero-order chi connectivity index (χ0) is 20.2. The van der Waals surface area contributed by atoms with Gasteiger partial charge in [-0.25, -0.2) is 4.39 Å². The van der Waals surface area contributed by atoms with E-state index >= 15 is 0 Å². The number of alkyl halides is 1. The molecule has 1 atom stereocenters. The van der Waals surface area contributed by atoms with Crippen molar-refractivity contribution in [1.29, 1.82) is 0 Å². The molecule has 2 amide bonds. The fourth-order valence-electron chi connectivity index (χ4n) is 3.42. The number of nitrogens with zero attached hydrogens (tertiary/aromatic N) is 1. The second-order valence-corrected chi connectivity index (χ2v) is 7.68. The lowest BCUT2D eigenvalue weighted by atomic mass is 10.0. The molecule has 0 aliphatic carbocycles. The van der Waals surface area contributed by atoms with Gasteiger partial charge in [0, 0.05) is 16.9 Å². The quantitative estimate of drug-likeness (QED) is 0.646. The zero-order valence-electron chi connectivity index (χ0n) is 15.5. The summed E-state index contributed by atoms with van der Waals surface area (Å²) in [6.07, 6.45) is 0. The number of halogens is 1. The third kappa shape index (κ3) is 4.03. The van der Waals surface area contributed by atoms with Gasteiger partial charge >= 0.3 is 0 Å². The molecule has 4 rings (SSSR count). The van der Waals surface area contributed by atoms with Crippen molar-refractivity contribution in [1.82, 2.24) is 0 Å². The van der Waals surface area contributed by atoms with Gasteiger partial charge in [-0.3, -0.25) is 14.5 Å². The van der Waals surface area contributed by atoms with Crippen LogP contribution in [0.2, 0.25) is 0 Å². The summed E-state index contributed by atoms with van der Waals surface area (Å²) < 4.78 is 12.7. The summed E-state index contributed by atoms with van der Waals surface area (Å²) >= 11 is 1.60. The van der Waals surface area contributed by atoms with Crippen LogP contribution in [0.3, 0.4) is 0 Å². The maximum Gasteiger partial charge on any atom is 0.255 e. The number of hydrogen-bond acceptors (Lipinski definition) is 3. The van der Waals surface area contributed by atoms with E-state index in [9.17, 15) is 14.0 Å². The SMILES string of the molecule is O=C(CF)Nc1ccccc1-c1cccc(N2C(=O)CSC2c2ccccc2)c1. The molecule has 6 heteroatoms. The van der Waals surface area contributed by atoms with Crippen molar-refractivity contribution in [3.05, 3.63) is 84.4 Å². The Bertz CT molecular complexity index is 1040. The van der Waals surface area contributed by atoms with E-state index in [0.717, 1.165) is 22.4 Å². The molecular formula is C23H19FN2O2S. The maximum absolute atomic E-state index is 12.7. The van der Waals surface area contributed by atoms with Gasteiger partial charge in [0.05, 0.1) is 5.75 Å². The van der Waals surface area contributed by atoms with Crippen molar-refractivity contribution < 1.29 is 14.0 Å². The molecule has 29 heavy (non-hydrogen) atoms. The number of amides is 2. The van der Waals surface area contributed by atoms with E-state index in [-0.39, 0.29) is 11.3 Å². The van der Waals surface area contributed by atoms with Gasteiger partial charge in [0.2, 0.25) is 5.91 Å². The second-order valence-electron chi connectivity index (χ2n) is 6.62. The fraction of sp³-hybridized carbons (Fsp3) is 0.130. The molecule has 0 aromatic heterocycles. The van der Waals surface area contributed by atoms with Crippen LogP contribution in [0, 0.1) is 0 Å². The minimum Gasteiger partial charge on any atom is -0.323 e. The molecule has 0 spiro atoms. The predicted molar refractivity (Wildman–Crippen MR) is 116 cm³/mol. The fourth-order valence-corrected chi connectivity index (χ4v) is 4.60. The molecule has 0 bridgehead atoms. The highest BCUT2D eigenvalue weighted by molar-refractivity contribution is 8.00. The molecule has 3 aromatic rings. The van der Waals surface area contributed by atoms with Gasteiger partial charge in [0.25, 0.3) is 5.91 Å². The Kier molecular flexibility index (Phi) is 5.62. The molecule has 1 saturated heterocycles. The molecule has 0 radical (unpaired) electrons. The van der Waals surface area contributed by atoms with Crippen molar-refractivity contribution in [2.75, 3.05) is 22.6 Å². The lowest BCUT2D eigenvalue weighted by Crippen LogP contribution is -2.27. The largest absolute Gasteiger partial charge is 0.323 e. The number of thioether (sulfide) groups is 1. The van der Waals surface area contributed by atoms with Crippen LogP contribution in [0.15, 0.2) is 78.9 Å². The number of carbonyl (C=O) groups excluding carboxylic acids is 2. The van der Waals surface area contributed by atoms with E-state index < -0.39 is 12.6 Å². The summed E-state index contributed by atoms with van der Waals surface area (Å²) in [7, 11) is 0. The molecule has 0 saturated carbocycles. The summed E-state index contributed by atoms with van der Waals surface area (Å²) in [5.74, 6) is -0.212. The summed E-state index contributed by atoms with van der Waals surface area (Å²) in [6, 6.07) is 24.8. The van der Waals surface area contributed by atoms with Crippen molar-refractivity contribution in [3.8, 4) is 11.1 Å². The van der Waals surface area contributed by atoms with Gasteiger partial charge in [0.1, 0.15) is 5.37 Å². The van der Waals surface area contributed by atoms with Crippen LogP contribution in [-0.4, -0.2) is 24.2 Å². The topological polar surface area (TPSA) is 49.4 Å². The third-order valence-corrected chi connectivity index (χ3v) is 5.92. The second kappa shape index (κ2) is 8.49. The van der Waals surface area contributed by atoms with E-state index in [0.29, 0.717) is 11.4 Å². The first-order chi connectivity index (χ1) is 14.2. The van der Waals surface area contributed by atoms with E-state index in [1.165, 1.54) is 0 Å². The normalized spacial score (nSPS) is 16.1. The van der Waals surface area contributed by atoms with E-state index in [2.05, 4.69) is 5.32 Å². The Labute approximate surface area is 172 Å². The highest BCUT2D eigenvalue weighted by Gasteiger charge is 2.34. The van der Waals surface area contributed by atoms with Crippen LogP contribution >= 0.6 is 11.8 Å². The van der Waals surface area contributed by atoms with Gasteiger partial charge < -0.3 is 5.32 Å². The zero-order valence-corrected chi connectivity index (χ0v) is 16.4. The first kappa shape index (κ1) is 19.2. The maximum atomic E-state index is 12.7. The number of para-hydroxylation sites is 1. The monoisotopic (exact) mass is 406 g/mol. The van der Waals surface area contributed by atoms with Crippen molar-refractivity contribution in [2.45, 2.75) is 5.37 Å². The van der Waals surface area contributed by atoms with Crippen LogP contribution < -0.4 is 10.2 Å². The van der Waals surface area contributed by atoms with Crippen LogP contribution in [0.4, 0.5) is 15.8 Å². The third-order valence-electron chi connectivity index (χ3n) is 4.71. The lowest BCUT2D eigenvalue weighted by Gasteiger charge is -2.25. The Balaban J connectivity index is 1.71. The number of rotatable bonds is 5. The van der Waals surface area contributed by atoms with Crippen molar-refractivity contribution >= 4 is 35.0 Å². The molecule has 1 aliphatic rings. The minimum absolute atomic E-state index is 0.0556. The number of hydrogen-bond donors (Lipinski definition) is 1. The Hall–Kier alpha value is -3.12. The summed E-state index contributed by atoms with van der Waals surface area (Å²) in [6.45, 7) is -1.08. The average molecular weight is 406 g/mol. The smallest absolute Gasteiger partial charge is 0.255 e. The standard InChI is InChI=1S/C23H19FN2O2S/c24-14-21(27)25-20-12-5-4-11-19(20)17-9-6-10-18(13-17)26-22(28)15-29-23(26)16-7-2-1-3-8-16/h1-13,23H,14-15H2,(H,25,27). The van der Waals surface area contributed by atoms with Gasteiger partial charge in [-0.15, -0.1) is 11.8 Å². The van der Waals surface area contributed by atoms with Gasteiger partial charge in [-0.2, -0.15) is 0 Å². The summed E-state index contributed by atoms with van der Waals surface area (Å²) in [5.41, 5.74) is 4.01. The Morgan fingerprint density at radius 2 is 1.79 bits per heavy atom. The highest BCUT2D eigenvalue weighted by atomic mass is 32.2. The predicted octanol–water partition coefficient (Wildman–Crippen LogP) is 5.04. The van der Waals surface area contributed by atoms with Crippen molar-refractivity contribution in [2.24, 2.45) is 0 Å². The van der Waals surface area contributed by atoms with E-state index in [4.69, 9.17) is 0 Å². The summed E-state index contributed by atoms with van der Waals surface area (Å²) in [4.78, 5) is 26.0. The molecule has 1 N–H and O–H groups in total. The van der Waals surface area contributed by atoms with Crippen molar-refractivity contribution in [3.63, 3.8) is 0 Å². The molecular weight excluding hydrogens is 387 g/mol. The van der Waals surface area contributed by atoms with Crippen LogP contribution in [0.1, 0.15) is 10.9 Å². The molecule has 3 aromatic carbocycles. The highest BCUT2D eigenvalue weighted by Crippen LogP contribution is 2.42. The molecule has 1 aliphatic heterocycles. The number of carbonyl (C=O) groups is 2. The molecule has 1 heterocycles.